The topological polar surface area (TPSA) is 63.2 Å². The van der Waals surface area contributed by atoms with Crippen LogP contribution < -0.4 is 15.3 Å². The molecule has 10 heteroatoms. The van der Waals surface area contributed by atoms with Crippen LogP contribution in [0.3, 0.4) is 0 Å². The van der Waals surface area contributed by atoms with Crippen molar-refractivity contribution in [2.24, 2.45) is 0 Å². The van der Waals surface area contributed by atoms with Gasteiger partial charge in [-0.25, -0.2) is 9.18 Å². The van der Waals surface area contributed by atoms with Crippen molar-refractivity contribution >= 4 is 16.7 Å². The molecule has 0 amide bonds. The molecule has 0 bridgehead atoms. The first kappa shape index (κ1) is 24.4. The van der Waals surface area contributed by atoms with Gasteiger partial charge in [0.25, 0.3) is 0 Å². The highest BCUT2D eigenvalue weighted by molar-refractivity contribution is 5.83. The van der Waals surface area contributed by atoms with Crippen molar-refractivity contribution in [1.82, 2.24) is 9.13 Å². The number of anilines is 1. The molecule has 0 saturated carbocycles. The second-order valence-electron chi connectivity index (χ2n) is 8.86. The molecule has 0 unspecified atom stereocenters. The number of benzene rings is 3. The van der Waals surface area contributed by atoms with Gasteiger partial charge in [-0.1, -0.05) is 30.3 Å². The Morgan fingerprint density at radius 1 is 1.08 bits per heavy atom. The highest BCUT2D eigenvalue weighted by atomic mass is 19.4. The third kappa shape index (κ3) is 4.20. The van der Waals surface area contributed by atoms with E-state index in [4.69, 9.17) is 4.74 Å². The lowest BCUT2D eigenvalue weighted by molar-refractivity contribution is -0.138. The van der Waals surface area contributed by atoms with Crippen LogP contribution in [0.25, 0.3) is 11.0 Å². The Kier molecular flexibility index (Phi) is 6.15. The smallest absolute Gasteiger partial charge is 0.416 e. The molecule has 1 aromatic heterocycles. The number of hydrogen-bond acceptors (Lipinski definition) is 4. The van der Waals surface area contributed by atoms with Crippen LogP contribution >= 0.6 is 0 Å². The van der Waals surface area contributed by atoms with E-state index in [0.29, 0.717) is 29.7 Å². The van der Waals surface area contributed by atoms with Crippen molar-refractivity contribution in [2.75, 3.05) is 25.1 Å². The highest BCUT2D eigenvalue weighted by Gasteiger charge is 2.34. The maximum atomic E-state index is 14.7. The second kappa shape index (κ2) is 9.32. The minimum absolute atomic E-state index is 0.0416. The van der Waals surface area contributed by atoms with E-state index in [9.17, 15) is 27.6 Å². The Bertz CT molecular complexity index is 1580. The van der Waals surface area contributed by atoms with E-state index in [1.54, 1.807) is 27.7 Å². The lowest BCUT2D eigenvalue weighted by Crippen LogP contribution is -2.30. The van der Waals surface area contributed by atoms with E-state index in [2.05, 4.69) is 0 Å². The molecule has 3 aromatic carbocycles. The van der Waals surface area contributed by atoms with Crippen molar-refractivity contribution in [3.05, 3.63) is 93.7 Å². The summed E-state index contributed by atoms with van der Waals surface area (Å²) in [5, 5.41) is 9.46. The van der Waals surface area contributed by atoms with Crippen molar-refractivity contribution < 1.29 is 22.3 Å². The third-order valence-electron chi connectivity index (χ3n) is 6.77. The van der Waals surface area contributed by atoms with Crippen LogP contribution in [0.5, 0.6) is 5.75 Å². The van der Waals surface area contributed by atoms with Gasteiger partial charge < -0.3 is 9.64 Å². The Morgan fingerprint density at radius 2 is 1.84 bits per heavy atom. The van der Waals surface area contributed by atoms with Gasteiger partial charge in [-0.2, -0.15) is 18.4 Å². The van der Waals surface area contributed by atoms with Crippen molar-refractivity contribution in [3.63, 3.8) is 0 Å². The van der Waals surface area contributed by atoms with Crippen LogP contribution in [0.4, 0.5) is 23.2 Å². The zero-order chi connectivity index (χ0) is 26.3. The van der Waals surface area contributed by atoms with E-state index in [-0.39, 0.29) is 29.9 Å². The zero-order valence-electron chi connectivity index (χ0n) is 19.8. The molecule has 4 aromatic rings. The van der Waals surface area contributed by atoms with Crippen molar-refractivity contribution in [3.8, 4) is 11.8 Å². The molecule has 1 fully saturated rings. The number of fused-ring (bicyclic) bond motifs is 1. The van der Waals surface area contributed by atoms with E-state index in [1.807, 2.05) is 6.07 Å². The summed E-state index contributed by atoms with van der Waals surface area (Å²) in [6.07, 6.45) is -4.10. The summed E-state index contributed by atoms with van der Waals surface area (Å²) in [4.78, 5) is 15.5. The largest absolute Gasteiger partial charge is 0.494 e. The van der Waals surface area contributed by atoms with Crippen molar-refractivity contribution in [1.29, 1.82) is 5.26 Å². The Labute approximate surface area is 209 Å². The van der Waals surface area contributed by atoms with Gasteiger partial charge in [-0.3, -0.25) is 9.13 Å². The molecule has 0 radical (unpaired) electrons. The number of nitriles is 1. The predicted octanol–water partition coefficient (Wildman–Crippen LogP) is 5.34. The molecule has 37 heavy (non-hydrogen) atoms. The first-order valence-electron chi connectivity index (χ1n) is 11.6. The minimum Gasteiger partial charge on any atom is -0.494 e. The third-order valence-corrected chi connectivity index (χ3v) is 6.77. The molecule has 1 aliphatic rings. The van der Waals surface area contributed by atoms with Crippen LogP contribution in [0.15, 0.2) is 65.5 Å². The molecule has 1 aliphatic heterocycles. The van der Waals surface area contributed by atoms with Gasteiger partial charge in [-0.05, 0) is 42.3 Å². The molecule has 5 rings (SSSR count). The average Bonchev–Trinajstić information content (AvgIpc) is 3.45. The number of ether oxygens (including phenoxy) is 1. The summed E-state index contributed by atoms with van der Waals surface area (Å²) < 4.78 is 64.0. The summed E-state index contributed by atoms with van der Waals surface area (Å²) in [5.74, 6) is -0.173. The maximum Gasteiger partial charge on any atom is 0.416 e. The van der Waals surface area contributed by atoms with Crippen molar-refractivity contribution in [2.45, 2.75) is 25.2 Å². The van der Waals surface area contributed by atoms with Crippen LogP contribution in [0.1, 0.15) is 29.2 Å². The molecule has 6 nitrogen and oxygen atoms in total. The van der Waals surface area contributed by atoms with E-state index in [1.165, 1.54) is 48.1 Å². The molecule has 0 spiro atoms. The average molecular weight is 510 g/mol. The number of hydrogen-bond donors (Lipinski definition) is 0. The van der Waals surface area contributed by atoms with Gasteiger partial charge in [0.2, 0.25) is 0 Å². The lowest BCUT2D eigenvalue weighted by atomic mass is 10.1. The number of para-hydroxylation sites is 2. The van der Waals surface area contributed by atoms with Crippen LogP contribution in [0, 0.1) is 17.1 Å². The van der Waals surface area contributed by atoms with E-state index >= 15 is 0 Å². The molecule has 1 saturated heterocycles. The summed E-state index contributed by atoms with van der Waals surface area (Å²) in [7, 11) is 1.43. The number of alkyl halides is 3. The van der Waals surface area contributed by atoms with Gasteiger partial charge in [-0.15, -0.1) is 0 Å². The Morgan fingerprint density at radius 3 is 2.57 bits per heavy atom. The number of nitrogens with zero attached hydrogens (tertiary/aromatic N) is 4. The van der Waals surface area contributed by atoms with Crippen LogP contribution in [-0.2, 0) is 12.7 Å². The van der Waals surface area contributed by atoms with Gasteiger partial charge in [0.1, 0.15) is 23.2 Å². The number of methoxy groups -OCH3 is 1. The number of rotatable bonds is 5. The fourth-order valence-electron chi connectivity index (χ4n) is 5.16. The zero-order valence-corrected chi connectivity index (χ0v) is 19.8. The van der Waals surface area contributed by atoms with Gasteiger partial charge in [0, 0.05) is 13.1 Å². The van der Waals surface area contributed by atoms with Gasteiger partial charge in [0.05, 0.1) is 42.0 Å². The summed E-state index contributed by atoms with van der Waals surface area (Å²) >= 11 is 0. The summed E-state index contributed by atoms with van der Waals surface area (Å²) in [6.45, 7) is 0.353. The highest BCUT2D eigenvalue weighted by Crippen LogP contribution is 2.36. The SMILES string of the molecule is COc1cccc2c1n(Cc1ccccc1C(F)(F)F)c(=O)n2[C@@H]1CCN(c2c(F)cccc2C#N)C1. The molecule has 0 aliphatic carbocycles. The lowest BCUT2D eigenvalue weighted by Gasteiger charge is -2.21. The summed E-state index contributed by atoms with van der Waals surface area (Å²) in [6, 6.07) is 16.1. The Balaban J connectivity index is 1.61. The second-order valence-corrected chi connectivity index (χ2v) is 8.86. The van der Waals surface area contributed by atoms with Crippen LogP contribution in [-0.4, -0.2) is 29.3 Å². The van der Waals surface area contributed by atoms with E-state index in [0.717, 1.165) is 6.07 Å². The monoisotopic (exact) mass is 510 g/mol. The van der Waals surface area contributed by atoms with E-state index < -0.39 is 29.3 Å². The number of aromatic nitrogens is 2. The normalized spacial score (nSPS) is 15.8. The van der Waals surface area contributed by atoms with Gasteiger partial charge >= 0.3 is 11.9 Å². The maximum absolute atomic E-state index is 14.7. The number of imidazole rings is 1. The fourth-order valence-corrected chi connectivity index (χ4v) is 5.16. The van der Waals surface area contributed by atoms with Crippen LogP contribution in [0.2, 0.25) is 0 Å². The molecular weight excluding hydrogens is 488 g/mol. The molecule has 2 heterocycles. The predicted molar refractivity (Wildman–Crippen MR) is 130 cm³/mol. The Hall–Kier alpha value is -4.26. The first-order valence-corrected chi connectivity index (χ1v) is 11.6. The fraction of sp³-hybridized carbons (Fsp3) is 0.259. The molecule has 0 N–H and O–H groups in total. The van der Waals surface area contributed by atoms with Gasteiger partial charge in [0.15, 0.2) is 0 Å². The summed E-state index contributed by atoms with van der Waals surface area (Å²) in [5.41, 5.74) is -0.0728. The molecule has 1 atom stereocenters. The molecule has 190 valence electrons. The standard InChI is InChI=1S/C27H22F4N4O2/c1-37-23-11-5-10-22-25(23)34(15-18-6-2-3-8-20(18)27(29,30)31)26(36)35(22)19-12-13-33(16-19)24-17(14-32)7-4-9-21(24)28/h2-11,19H,12-13,15-16H2,1H3/t19-/m1/s1. The number of halogens is 4. The first-order chi connectivity index (χ1) is 17.7. The quantitative estimate of drug-likeness (QED) is 0.340. The molecular formula is C27H22F4N4O2. The minimum atomic E-state index is -4.58.